The maximum absolute atomic E-state index is 12.2. The van der Waals surface area contributed by atoms with Crippen molar-refractivity contribution in [1.82, 2.24) is 9.80 Å². The van der Waals surface area contributed by atoms with E-state index in [0.29, 0.717) is 6.04 Å². The topological polar surface area (TPSA) is 49.9 Å². The van der Waals surface area contributed by atoms with Gasteiger partial charge in [-0.2, -0.15) is 0 Å². The molecule has 1 aliphatic carbocycles. The second kappa shape index (κ2) is 6.73. The van der Waals surface area contributed by atoms with Crippen molar-refractivity contribution in [3.05, 3.63) is 0 Å². The Bertz CT molecular complexity index is 301. The zero-order valence-electron chi connectivity index (χ0n) is 11.8. The maximum atomic E-state index is 12.2. The van der Waals surface area contributed by atoms with E-state index in [1.54, 1.807) is 0 Å². The Labute approximate surface area is 109 Å². The van der Waals surface area contributed by atoms with Crippen LogP contribution in [-0.4, -0.2) is 60.5 Å². The largest absolute Gasteiger partial charge is 0.468 e. The molecular weight excluding hydrogens is 232 g/mol. The lowest BCUT2D eigenvalue weighted by molar-refractivity contribution is -0.143. The molecule has 0 unspecified atom stereocenters. The van der Waals surface area contributed by atoms with Crippen LogP contribution in [0.15, 0.2) is 0 Å². The van der Waals surface area contributed by atoms with Gasteiger partial charge in [0.25, 0.3) is 0 Å². The number of amides is 1. The van der Waals surface area contributed by atoms with Crippen LogP contribution in [-0.2, 0) is 14.3 Å². The molecule has 1 fully saturated rings. The van der Waals surface area contributed by atoms with E-state index in [1.807, 2.05) is 30.6 Å². The molecule has 0 atom stereocenters. The number of esters is 1. The molecule has 5 nitrogen and oxygen atoms in total. The van der Waals surface area contributed by atoms with Gasteiger partial charge >= 0.3 is 5.97 Å². The Morgan fingerprint density at radius 1 is 1.28 bits per heavy atom. The average Bonchev–Trinajstić information content (AvgIpc) is 3.13. The maximum Gasteiger partial charge on any atom is 0.319 e. The van der Waals surface area contributed by atoms with Crippen molar-refractivity contribution in [3.63, 3.8) is 0 Å². The van der Waals surface area contributed by atoms with Gasteiger partial charge < -0.3 is 9.64 Å². The Morgan fingerprint density at radius 3 is 2.28 bits per heavy atom. The summed E-state index contributed by atoms with van der Waals surface area (Å²) in [5.41, 5.74) is 0. The predicted molar refractivity (Wildman–Crippen MR) is 69.1 cm³/mol. The lowest BCUT2D eigenvalue weighted by Crippen LogP contribution is -2.45. The van der Waals surface area contributed by atoms with Crippen LogP contribution in [0.1, 0.15) is 33.6 Å². The lowest BCUT2D eigenvalue weighted by Gasteiger charge is -2.28. The zero-order chi connectivity index (χ0) is 13.7. The summed E-state index contributed by atoms with van der Waals surface area (Å²) >= 11 is 0. The third-order valence-corrected chi connectivity index (χ3v) is 3.28. The van der Waals surface area contributed by atoms with Gasteiger partial charge in [-0.3, -0.25) is 14.5 Å². The second-order valence-corrected chi connectivity index (χ2v) is 4.99. The molecule has 1 rings (SSSR count). The number of methoxy groups -OCH3 is 1. The van der Waals surface area contributed by atoms with Crippen LogP contribution >= 0.6 is 0 Å². The standard InChI is InChI=1S/C13H24N2O3/c1-5-15(11-6-7-11)12(16)8-14(10(2)3)9-13(17)18-4/h10-11H,5-9H2,1-4H3. The van der Waals surface area contributed by atoms with Crippen LogP contribution in [0.3, 0.4) is 0 Å². The summed E-state index contributed by atoms with van der Waals surface area (Å²) in [7, 11) is 1.37. The highest BCUT2D eigenvalue weighted by atomic mass is 16.5. The van der Waals surface area contributed by atoms with Crippen molar-refractivity contribution in [2.24, 2.45) is 0 Å². The summed E-state index contributed by atoms with van der Waals surface area (Å²) < 4.78 is 4.65. The minimum absolute atomic E-state index is 0.109. The Morgan fingerprint density at radius 2 is 1.89 bits per heavy atom. The van der Waals surface area contributed by atoms with E-state index in [-0.39, 0.29) is 31.0 Å². The van der Waals surface area contributed by atoms with Crippen LogP contribution in [0.5, 0.6) is 0 Å². The van der Waals surface area contributed by atoms with Gasteiger partial charge in [0.05, 0.1) is 20.2 Å². The predicted octanol–water partition coefficient (Wildman–Crippen LogP) is 0.881. The summed E-state index contributed by atoms with van der Waals surface area (Å²) in [5.74, 6) is -0.191. The normalized spacial score (nSPS) is 15.0. The number of carbonyl (C=O) groups excluding carboxylic acids is 2. The monoisotopic (exact) mass is 256 g/mol. The van der Waals surface area contributed by atoms with Gasteiger partial charge in [0.2, 0.25) is 5.91 Å². The van der Waals surface area contributed by atoms with Gasteiger partial charge in [0, 0.05) is 18.6 Å². The molecule has 18 heavy (non-hydrogen) atoms. The van der Waals surface area contributed by atoms with E-state index in [2.05, 4.69) is 4.74 Å². The van der Waals surface area contributed by atoms with E-state index in [9.17, 15) is 9.59 Å². The smallest absolute Gasteiger partial charge is 0.319 e. The van der Waals surface area contributed by atoms with E-state index < -0.39 is 0 Å². The number of ether oxygens (including phenoxy) is 1. The molecule has 0 saturated heterocycles. The fourth-order valence-electron chi connectivity index (χ4n) is 1.94. The second-order valence-electron chi connectivity index (χ2n) is 4.99. The molecule has 1 aliphatic rings. The minimum atomic E-state index is -0.300. The Hall–Kier alpha value is -1.10. The zero-order valence-corrected chi connectivity index (χ0v) is 11.8. The van der Waals surface area contributed by atoms with Crippen LogP contribution < -0.4 is 0 Å². The van der Waals surface area contributed by atoms with Gasteiger partial charge in [-0.05, 0) is 33.6 Å². The number of carbonyl (C=O) groups is 2. The fraction of sp³-hybridized carbons (Fsp3) is 0.846. The van der Waals surface area contributed by atoms with Gasteiger partial charge in [0.1, 0.15) is 0 Å². The third-order valence-electron chi connectivity index (χ3n) is 3.28. The molecule has 104 valence electrons. The van der Waals surface area contributed by atoms with Crippen LogP contribution in [0.2, 0.25) is 0 Å². The molecule has 1 amide bonds. The Balaban J connectivity index is 2.53. The number of hydrogen-bond donors (Lipinski definition) is 0. The molecule has 0 bridgehead atoms. The summed E-state index contributed by atoms with van der Waals surface area (Å²) in [6.45, 7) is 7.15. The number of rotatable bonds is 7. The highest BCUT2D eigenvalue weighted by Gasteiger charge is 2.32. The van der Waals surface area contributed by atoms with Gasteiger partial charge in [0.15, 0.2) is 0 Å². The summed E-state index contributed by atoms with van der Waals surface area (Å²) in [6.07, 6.45) is 2.22. The third kappa shape index (κ3) is 4.29. The molecule has 0 aromatic heterocycles. The molecule has 0 aliphatic heterocycles. The molecule has 0 aromatic rings. The molecule has 1 saturated carbocycles. The summed E-state index contributed by atoms with van der Waals surface area (Å²) in [4.78, 5) is 27.2. The molecule has 0 aromatic carbocycles. The van der Waals surface area contributed by atoms with Crippen molar-refractivity contribution >= 4 is 11.9 Å². The SMILES string of the molecule is CCN(C(=O)CN(CC(=O)OC)C(C)C)C1CC1. The molecule has 0 radical (unpaired) electrons. The van der Waals surface area contributed by atoms with Crippen LogP contribution in [0.4, 0.5) is 0 Å². The number of likely N-dealkylation sites (N-methyl/N-ethyl adjacent to an activating group) is 1. The molecule has 5 heteroatoms. The van der Waals surface area contributed by atoms with E-state index in [1.165, 1.54) is 7.11 Å². The fourth-order valence-corrected chi connectivity index (χ4v) is 1.94. The van der Waals surface area contributed by atoms with Crippen LogP contribution in [0.25, 0.3) is 0 Å². The molecule has 0 N–H and O–H groups in total. The first-order chi connectivity index (χ1) is 8.49. The van der Waals surface area contributed by atoms with Crippen molar-refractivity contribution < 1.29 is 14.3 Å². The molecule has 0 heterocycles. The van der Waals surface area contributed by atoms with Gasteiger partial charge in [-0.25, -0.2) is 0 Å². The first-order valence-corrected chi connectivity index (χ1v) is 6.59. The van der Waals surface area contributed by atoms with Crippen molar-refractivity contribution in [2.45, 2.75) is 45.7 Å². The van der Waals surface area contributed by atoms with Crippen LogP contribution in [0, 0.1) is 0 Å². The molecular formula is C13H24N2O3. The highest BCUT2D eigenvalue weighted by molar-refractivity contribution is 5.80. The van der Waals surface area contributed by atoms with E-state index in [4.69, 9.17) is 0 Å². The minimum Gasteiger partial charge on any atom is -0.468 e. The lowest BCUT2D eigenvalue weighted by atomic mass is 10.3. The van der Waals surface area contributed by atoms with Gasteiger partial charge in [-0.15, -0.1) is 0 Å². The van der Waals surface area contributed by atoms with E-state index >= 15 is 0 Å². The Kier molecular flexibility index (Phi) is 5.59. The first kappa shape index (κ1) is 15.0. The number of hydrogen-bond acceptors (Lipinski definition) is 4. The van der Waals surface area contributed by atoms with Crippen molar-refractivity contribution in [3.8, 4) is 0 Å². The molecule has 0 spiro atoms. The first-order valence-electron chi connectivity index (χ1n) is 6.59. The van der Waals surface area contributed by atoms with Crippen molar-refractivity contribution in [2.75, 3.05) is 26.7 Å². The quantitative estimate of drug-likeness (QED) is 0.635. The van der Waals surface area contributed by atoms with E-state index in [0.717, 1.165) is 19.4 Å². The highest BCUT2D eigenvalue weighted by Crippen LogP contribution is 2.26. The summed E-state index contributed by atoms with van der Waals surface area (Å²) in [5, 5.41) is 0. The average molecular weight is 256 g/mol. The van der Waals surface area contributed by atoms with Gasteiger partial charge in [-0.1, -0.05) is 0 Å². The summed E-state index contributed by atoms with van der Waals surface area (Å²) in [6, 6.07) is 0.570. The van der Waals surface area contributed by atoms with Crippen molar-refractivity contribution in [1.29, 1.82) is 0 Å². The number of nitrogens with zero attached hydrogens (tertiary/aromatic N) is 2.